The number of nitrogens with zero attached hydrogens (tertiary/aromatic N) is 1. The number of guanidine groups is 1. The first-order valence-electron chi connectivity index (χ1n) is 17.9. The maximum atomic E-state index is 14.2. The number of carbonyl (C=O) groups is 5. The Morgan fingerprint density at radius 2 is 1.29 bits per heavy atom. The topological polar surface area (TPSA) is 240 Å². The number of fused-ring (bicyclic) bond motifs is 1. The molecule has 5 amide bonds. The van der Waals surface area contributed by atoms with Crippen molar-refractivity contribution >= 4 is 69.3 Å². The Morgan fingerprint density at radius 3 is 1.95 bits per heavy atom. The van der Waals surface area contributed by atoms with Crippen LogP contribution >= 0.6 is 22.9 Å². The van der Waals surface area contributed by atoms with E-state index in [1.54, 1.807) is 72.2 Å². The van der Waals surface area contributed by atoms with E-state index < -0.39 is 53.7 Å². The quantitative estimate of drug-likeness (QED) is 0.0353. The molecule has 0 aliphatic rings. The Morgan fingerprint density at radius 1 is 0.679 bits per heavy atom. The summed E-state index contributed by atoms with van der Waals surface area (Å²) in [6.45, 7) is 0.164. The van der Waals surface area contributed by atoms with E-state index in [0.29, 0.717) is 9.90 Å². The number of primary amides is 1. The highest BCUT2D eigenvalue weighted by atomic mass is 35.5. The fourth-order valence-corrected chi connectivity index (χ4v) is 6.85. The lowest BCUT2D eigenvalue weighted by atomic mass is 10.0. The van der Waals surface area contributed by atoms with E-state index in [4.69, 9.17) is 28.8 Å². The van der Waals surface area contributed by atoms with Gasteiger partial charge in [0.2, 0.25) is 23.6 Å². The van der Waals surface area contributed by atoms with Gasteiger partial charge in [-0.15, -0.1) is 11.3 Å². The average Bonchev–Trinajstić information content (AvgIpc) is 3.87. The van der Waals surface area contributed by atoms with Gasteiger partial charge < -0.3 is 43.5 Å². The molecule has 11 N–H and O–H groups in total. The van der Waals surface area contributed by atoms with Crippen LogP contribution in [-0.4, -0.2) is 71.2 Å². The van der Waals surface area contributed by atoms with Crippen molar-refractivity contribution in [1.29, 1.82) is 0 Å². The number of benzene rings is 3. The molecule has 14 nitrogen and oxygen atoms in total. The van der Waals surface area contributed by atoms with E-state index in [0.717, 1.165) is 27.6 Å². The molecule has 0 saturated carbocycles. The lowest BCUT2D eigenvalue weighted by Gasteiger charge is -2.26. The fourth-order valence-electron chi connectivity index (χ4n) is 6.09. The van der Waals surface area contributed by atoms with Crippen LogP contribution in [-0.2, 0) is 38.4 Å². The van der Waals surface area contributed by atoms with Crippen LogP contribution in [0.5, 0.6) is 0 Å². The van der Waals surface area contributed by atoms with Crippen molar-refractivity contribution in [3.63, 3.8) is 0 Å². The highest BCUT2D eigenvalue weighted by Gasteiger charge is 2.32. The summed E-state index contributed by atoms with van der Waals surface area (Å²) in [6, 6.07) is 22.2. The summed E-state index contributed by atoms with van der Waals surface area (Å²) in [5, 5.41) is 14.3. The van der Waals surface area contributed by atoms with Crippen LogP contribution in [0.15, 0.2) is 108 Å². The van der Waals surface area contributed by atoms with Crippen LogP contribution in [0.1, 0.15) is 39.2 Å². The van der Waals surface area contributed by atoms with Crippen molar-refractivity contribution in [3.05, 3.63) is 129 Å². The molecule has 16 heteroatoms. The number of aromatic amines is 1. The number of amides is 5. The zero-order valence-electron chi connectivity index (χ0n) is 30.4. The van der Waals surface area contributed by atoms with Gasteiger partial charge in [-0.05, 0) is 59.2 Å². The highest BCUT2D eigenvalue weighted by Crippen LogP contribution is 2.20. The summed E-state index contributed by atoms with van der Waals surface area (Å²) in [7, 11) is 0. The van der Waals surface area contributed by atoms with Gasteiger partial charge in [-0.1, -0.05) is 78.3 Å². The minimum absolute atomic E-state index is 0.0533. The number of carbonyl (C=O) groups excluding carboxylic acids is 5. The molecule has 5 aromatic rings. The minimum Gasteiger partial charge on any atom is -0.370 e. The Hall–Kier alpha value is -6.19. The van der Waals surface area contributed by atoms with Gasteiger partial charge in [0.25, 0.3) is 5.91 Å². The molecule has 0 unspecified atom stereocenters. The normalized spacial score (nSPS) is 13.1. The summed E-state index contributed by atoms with van der Waals surface area (Å²) < 4.78 is 0. The number of nitrogens with one attached hydrogen (secondary N) is 5. The van der Waals surface area contributed by atoms with Crippen molar-refractivity contribution in [1.82, 2.24) is 26.3 Å². The Balaban J connectivity index is 1.38. The van der Waals surface area contributed by atoms with E-state index in [-0.39, 0.29) is 44.6 Å². The van der Waals surface area contributed by atoms with Crippen molar-refractivity contribution in [2.75, 3.05) is 6.54 Å². The molecule has 4 atom stereocenters. The third-order valence-electron chi connectivity index (χ3n) is 8.97. The maximum Gasteiger partial charge on any atom is 0.262 e. The zero-order valence-corrected chi connectivity index (χ0v) is 31.9. The van der Waals surface area contributed by atoms with Crippen LogP contribution in [0.2, 0.25) is 5.02 Å². The number of rotatable bonds is 19. The Bertz CT molecular complexity index is 2140. The monoisotopic (exact) mass is 797 g/mol. The fraction of sp³-hybridized carbons (Fsp3) is 0.250. The van der Waals surface area contributed by atoms with Crippen molar-refractivity contribution < 1.29 is 24.0 Å². The Labute approximate surface area is 332 Å². The van der Waals surface area contributed by atoms with E-state index in [1.807, 2.05) is 30.3 Å². The first-order valence-corrected chi connectivity index (χ1v) is 19.2. The predicted octanol–water partition coefficient (Wildman–Crippen LogP) is 2.70. The lowest BCUT2D eigenvalue weighted by Crippen LogP contribution is -2.59. The molecule has 0 aliphatic carbocycles. The zero-order chi connectivity index (χ0) is 40.0. The largest absolute Gasteiger partial charge is 0.370 e. The van der Waals surface area contributed by atoms with Crippen LogP contribution in [0.25, 0.3) is 10.9 Å². The number of hydrogen-bond donors (Lipinski definition) is 8. The van der Waals surface area contributed by atoms with Crippen molar-refractivity contribution in [2.24, 2.45) is 22.2 Å². The summed E-state index contributed by atoms with van der Waals surface area (Å²) in [5.74, 6) is -3.31. The number of aliphatic imine (C=N–C) groups is 1. The number of thiophene rings is 1. The smallest absolute Gasteiger partial charge is 0.262 e. The van der Waals surface area contributed by atoms with Crippen LogP contribution in [0.3, 0.4) is 0 Å². The summed E-state index contributed by atoms with van der Waals surface area (Å²) >= 11 is 7.32. The van der Waals surface area contributed by atoms with E-state index in [9.17, 15) is 24.0 Å². The molecule has 3 aromatic carbocycles. The number of aromatic nitrogens is 1. The lowest BCUT2D eigenvalue weighted by molar-refractivity contribution is -0.133. The van der Waals surface area contributed by atoms with E-state index in [1.165, 1.54) is 11.3 Å². The molecule has 2 aromatic heterocycles. The van der Waals surface area contributed by atoms with Crippen molar-refractivity contribution in [2.45, 2.75) is 56.3 Å². The molecule has 0 fully saturated rings. The van der Waals surface area contributed by atoms with Gasteiger partial charge in [-0.25, -0.2) is 0 Å². The van der Waals surface area contributed by atoms with Crippen LogP contribution < -0.4 is 38.5 Å². The average molecular weight is 798 g/mol. The van der Waals surface area contributed by atoms with E-state index >= 15 is 0 Å². The van der Waals surface area contributed by atoms with E-state index in [2.05, 4.69) is 31.2 Å². The molecule has 0 radical (unpaired) electrons. The molecule has 0 bridgehead atoms. The molecular formula is C40H44ClN9O5S. The third kappa shape index (κ3) is 11.9. The van der Waals surface area contributed by atoms with Gasteiger partial charge in [0.05, 0.1) is 4.88 Å². The first-order chi connectivity index (χ1) is 27.0. The van der Waals surface area contributed by atoms with Gasteiger partial charge in [0.1, 0.15) is 24.2 Å². The number of nitrogens with two attached hydrogens (primary N) is 3. The number of hydrogen-bond acceptors (Lipinski definition) is 7. The van der Waals surface area contributed by atoms with Crippen LogP contribution in [0.4, 0.5) is 0 Å². The second-order valence-electron chi connectivity index (χ2n) is 13.1. The van der Waals surface area contributed by atoms with Crippen LogP contribution in [0, 0.1) is 0 Å². The molecule has 292 valence electrons. The SMILES string of the molecule is NC(=O)[C@H](Cc1c[nH]c2ccccc12)NC(=O)[C@H](CCCN=C(N)N)NC(=O)[C@H](Cc1ccccc1)NC(=O)[C@H](Cc1ccc(Cl)cc1)NC(=O)c1cccs1. The number of para-hydroxylation sites is 1. The number of H-pyrrole nitrogens is 1. The molecule has 5 rings (SSSR count). The summed E-state index contributed by atoms with van der Waals surface area (Å²) in [5.41, 5.74) is 19.8. The molecule has 0 spiro atoms. The second-order valence-corrected chi connectivity index (χ2v) is 14.5. The summed E-state index contributed by atoms with van der Waals surface area (Å²) in [6.07, 6.45) is 2.36. The Kier molecular flexibility index (Phi) is 14.6. The molecule has 0 saturated heterocycles. The molecular weight excluding hydrogens is 754 g/mol. The van der Waals surface area contributed by atoms with Gasteiger partial charge in [-0.3, -0.25) is 29.0 Å². The van der Waals surface area contributed by atoms with Crippen molar-refractivity contribution in [3.8, 4) is 0 Å². The molecule has 0 aliphatic heterocycles. The van der Waals surface area contributed by atoms with Gasteiger partial charge >= 0.3 is 0 Å². The second kappa shape index (κ2) is 19.9. The third-order valence-corrected chi connectivity index (χ3v) is 10.1. The minimum atomic E-state index is -1.19. The standard InChI is InChI=1S/C40H44ClN9O5S/c41-27-16-14-25(15-17-27)21-33(50-39(55)34-13-7-19-56-34)38(54)49-32(20-24-8-2-1-3-9-24)37(53)47-30(12-6-18-45-40(43)44)36(52)48-31(35(42)51)22-26-23-46-29-11-5-4-10-28(26)29/h1-5,7-11,13-17,19,23,30-33,46H,6,12,18,20-22H2,(H2,42,51)(H,47,53)(H,48,52)(H,49,54)(H,50,55)(H4,43,44,45)/t30-,31-,32-,33-/m0/s1. The highest BCUT2D eigenvalue weighted by molar-refractivity contribution is 7.12. The van der Waals surface area contributed by atoms with Gasteiger partial charge in [0, 0.05) is 47.9 Å². The molecule has 56 heavy (non-hydrogen) atoms. The molecule has 2 heterocycles. The number of halogens is 1. The van der Waals surface area contributed by atoms with Gasteiger partial charge in [-0.2, -0.15) is 0 Å². The predicted molar refractivity (Wildman–Crippen MR) is 218 cm³/mol. The summed E-state index contributed by atoms with van der Waals surface area (Å²) in [4.78, 5) is 75.6. The maximum absolute atomic E-state index is 14.2. The first kappa shape index (κ1) is 41.0. The van der Waals surface area contributed by atoms with Gasteiger partial charge in [0.15, 0.2) is 5.96 Å².